The first-order valence-corrected chi connectivity index (χ1v) is 9.06. The molecular formula is C16H14FN5O2S. The molecule has 0 atom stereocenters. The minimum Gasteiger partial charge on any atom is -0.281 e. The molecule has 2 aromatic heterocycles. The molecule has 0 aliphatic heterocycles. The molecule has 0 amide bonds. The number of nitrogens with one attached hydrogen (secondary N) is 1. The molecule has 0 saturated heterocycles. The number of sulfonamides is 1. The van der Waals surface area contributed by atoms with Crippen LogP contribution in [0, 0.1) is 24.1 Å². The molecule has 0 saturated carbocycles. The third-order valence-corrected chi connectivity index (χ3v) is 5.00. The normalized spacial score (nSPS) is 11.4. The summed E-state index contributed by atoms with van der Waals surface area (Å²) < 4.78 is 41.1. The van der Waals surface area contributed by atoms with Crippen LogP contribution in [0.4, 0.5) is 10.1 Å². The molecule has 128 valence electrons. The minimum absolute atomic E-state index is 0.164. The molecule has 0 bridgehead atoms. The van der Waals surface area contributed by atoms with Crippen molar-refractivity contribution in [1.82, 2.24) is 14.6 Å². The van der Waals surface area contributed by atoms with Crippen molar-refractivity contribution in [3.05, 3.63) is 47.5 Å². The van der Waals surface area contributed by atoms with Gasteiger partial charge in [0.15, 0.2) is 5.82 Å². The monoisotopic (exact) mass is 359 g/mol. The van der Waals surface area contributed by atoms with E-state index in [-0.39, 0.29) is 11.4 Å². The Labute approximate surface area is 143 Å². The number of aromatic nitrogens is 3. The predicted octanol–water partition coefficient (Wildman–Crippen LogP) is 2.48. The van der Waals surface area contributed by atoms with Gasteiger partial charge in [-0.15, -0.1) is 0 Å². The fourth-order valence-corrected chi connectivity index (χ4v) is 3.05. The van der Waals surface area contributed by atoms with Gasteiger partial charge in [-0.2, -0.15) is 10.4 Å². The Morgan fingerprint density at radius 2 is 2.12 bits per heavy atom. The van der Waals surface area contributed by atoms with Crippen LogP contribution in [-0.2, 0) is 10.0 Å². The van der Waals surface area contributed by atoms with Crippen molar-refractivity contribution in [3.8, 4) is 17.5 Å². The number of fused-ring (bicyclic) bond motifs is 1. The van der Waals surface area contributed by atoms with Gasteiger partial charge in [-0.3, -0.25) is 4.72 Å². The first-order valence-electron chi connectivity index (χ1n) is 7.41. The Kier molecular flexibility index (Phi) is 4.14. The molecule has 0 fully saturated rings. The van der Waals surface area contributed by atoms with E-state index in [2.05, 4.69) is 20.9 Å². The summed E-state index contributed by atoms with van der Waals surface area (Å²) in [5.74, 6) is -0.490. The van der Waals surface area contributed by atoms with Crippen molar-refractivity contribution in [2.45, 2.75) is 13.8 Å². The lowest BCUT2D eigenvalue weighted by atomic mass is 10.1. The minimum atomic E-state index is -3.62. The van der Waals surface area contributed by atoms with Gasteiger partial charge in [0.1, 0.15) is 17.4 Å². The lowest BCUT2D eigenvalue weighted by molar-refractivity contribution is 0.599. The molecule has 1 aromatic carbocycles. The van der Waals surface area contributed by atoms with Gasteiger partial charge in [0, 0.05) is 11.8 Å². The summed E-state index contributed by atoms with van der Waals surface area (Å²) in [4.78, 5) is 4.24. The highest BCUT2D eigenvalue weighted by molar-refractivity contribution is 7.92. The molecule has 3 aromatic rings. The van der Waals surface area contributed by atoms with Crippen molar-refractivity contribution in [1.29, 1.82) is 5.26 Å². The molecule has 3 rings (SSSR count). The summed E-state index contributed by atoms with van der Waals surface area (Å²) in [5, 5.41) is 13.6. The predicted molar refractivity (Wildman–Crippen MR) is 90.9 cm³/mol. The number of anilines is 1. The average molecular weight is 359 g/mol. The smallest absolute Gasteiger partial charge is 0.232 e. The van der Waals surface area contributed by atoms with Crippen LogP contribution in [0.25, 0.3) is 16.9 Å². The number of rotatable bonds is 4. The van der Waals surface area contributed by atoms with Crippen LogP contribution in [0.15, 0.2) is 30.5 Å². The SMILES string of the molecule is CCS(=O)(=O)Nc1cc(-c2nccc3c(C#N)c(C)nn23)ccc1F. The Balaban J connectivity index is 2.18. The van der Waals surface area contributed by atoms with Gasteiger partial charge in [0.25, 0.3) is 0 Å². The molecule has 2 heterocycles. The zero-order chi connectivity index (χ0) is 18.2. The maximum Gasteiger partial charge on any atom is 0.232 e. The first kappa shape index (κ1) is 16.9. The first-order chi connectivity index (χ1) is 11.9. The van der Waals surface area contributed by atoms with Gasteiger partial charge in [-0.05, 0) is 38.1 Å². The maximum absolute atomic E-state index is 14.0. The number of nitriles is 1. The Morgan fingerprint density at radius 3 is 2.80 bits per heavy atom. The van der Waals surface area contributed by atoms with E-state index >= 15 is 0 Å². The van der Waals surface area contributed by atoms with Crippen LogP contribution in [0.5, 0.6) is 0 Å². The topological polar surface area (TPSA) is 100 Å². The molecular weight excluding hydrogens is 345 g/mol. The largest absolute Gasteiger partial charge is 0.281 e. The van der Waals surface area contributed by atoms with Gasteiger partial charge in [-0.25, -0.2) is 22.3 Å². The molecule has 0 spiro atoms. The van der Waals surface area contributed by atoms with Crippen molar-refractivity contribution < 1.29 is 12.8 Å². The highest BCUT2D eigenvalue weighted by Crippen LogP contribution is 2.26. The lowest BCUT2D eigenvalue weighted by Gasteiger charge is -2.10. The van der Waals surface area contributed by atoms with E-state index in [1.54, 1.807) is 13.0 Å². The van der Waals surface area contributed by atoms with Crippen molar-refractivity contribution >= 4 is 21.2 Å². The summed E-state index contributed by atoms with van der Waals surface area (Å²) in [5.41, 5.74) is 1.85. The summed E-state index contributed by atoms with van der Waals surface area (Å²) >= 11 is 0. The molecule has 9 heteroatoms. The molecule has 7 nitrogen and oxygen atoms in total. The zero-order valence-electron chi connectivity index (χ0n) is 13.5. The Bertz CT molecular complexity index is 1120. The second-order valence-corrected chi connectivity index (χ2v) is 7.35. The summed E-state index contributed by atoms with van der Waals surface area (Å²) in [6.07, 6.45) is 1.52. The van der Waals surface area contributed by atoms with Crippen LogP contribution in [0.2, 0.25) is 0 Å². The summed E-state index contributed by atoms with van der Waals surface area (Å²) in [6.45, 7) is 3.17. The van der Waals surface area contributed by atoms with E-state index in [4.69, 9.17) is 0 Å². The van der Waals surface area contributed by atoms with Gasteiger partial charge >= 0.3 is 0 Å². The van der Waals surface area contributed by atoms with Crippen molar-refractivity contribution in [2.24, 2.45) is 0 Å². The van der Waals surface area contributed by atoms with Gasteiger partial charge in [0.2, 0.25) is 10.0 Å². The molecule has 0 unspecified atom stereocenters. The highest BCUT2D eigenvalue weighted by Gasteiger charge is 2.16. The number of hydrogen-bond donors (Lipinski definition) is 1. The van der Waals surface area contributed by atoms with E-state index in [1.165, 1.54) is 29.8 Å². The van der Waals surface area contributed by atoms with Crippen LogP contribution in [0.3, 0.4) is 0 Å². The van der Waals surface area contributed by atoms with Gasteiger partial charge in [-0.1, -0.05) is 0 Å². The average Bonchev–Trinajstić information content (AvgIpc) is 2.91. The van der Waals surface area contributed by atoms with E-state index < -0.39 is 15.8 Å². The summed E-state index contributed by atoms with van der Waals surface area (Å²) in [7, 11) is -3.62. The Morgan fingerprint density at radius 1 is 1.36 bits per heavy atom. The van der Waals surface area contributed by atoms with E-state index in [0.29, 0.717) is 28.2 Å². The van der Waals surface area contributed by atoms with E-state index in [1.807, 2.05) is 0 Å². The van der Waals surface area contributed by atoms with Crippen molar-refractivity contribution in [3.63, 3.8) is 0 Å². The lowest BCUT2D eigenvalue weighted by Crippen LogP contribution is -2.15. The highest BCUT2D eigenvalue weighted by atomic mass is 32.2. The Hall–Kier alpha value is -2.99. The molecule has 25 heavy (non-hydrogen) atoms. The summed E-state index contributed by atoms with van der Waals surface area (Å²) in [6, 6.07) is 7.74. The van der Waals surface area contributed by atoms with Crippen LogP contribution in [0.1, 0.15) is 18.2 Å². The number of aryl methyl sites for hydroxylation is 1. The van der Waals surface area contributed by atoms with Gasteiger partial charge < -0.3 is 0 Å². The maximum atomic E-state index is 14.0. The van der Waals surface area contributed by atoms with Crippen LogP contribution >= 0.6 is 0 Å². The molecule has 1 N–H and O–H groups in total. The van der Waals surface area contributed by atoms with E-state index in [9.17, 15) is 18.1 Å². The van der Waals surface area contributed by atoms with Gasteiger partial charge in [0.05, 0.1) is 22.7 Å². The second-order valence-electron chi connectivity index (χ2n) is 5.34. The third kappa shape index (κ3) is 3.04. The van der Waals surface area contributed by atoms with Crippen LogP contribution in [-0.4, -0.2) is 28.8 Å². The second kappa shape index (κ2) is 6.14. The zero-order valence-corrected chi connectivity index (χ0v) is 14.3. The van der Waals surface area contributed by atoms with Crippen molar-refractivity contribution in [2.75, 3.05) is 10.5 Å². The fourth-order valence-electron chi connectivity index (χ4n) is 2.41. The molecule has 0 aliphatic carbocycles. The fraction of sp³-hybridized carbons (Fsp3) is 0.188. The number of hydrogen-bond acceptors (Lipinski definition) is 5. The van der Waals surface area contributed by atoms with E-state index in [0.717, 1.165) is 6.07 Å². The number of nitrogens with zero attached hydrogens (tertiary/aromatic N) is 4. The van der Waals surface area contributed by atoms with Crippen LogP contribution < -0.4 is 4.72 Å². The third-order valence-electron chi connectivity index (χ3n) is 3.71. The number of halogens is 1. The number of benzene rings is 1. The standard InChI is InChI=1S/C16H14FN5O2S/c1-3-25(23,24)21-14-8-11(4-5-13(14)17)16-19-7-6-15-12(9-18)10(2)20-22(15)16/h4-8,21H,3H2,1-2H3. The molecule has 0 aliphatic rings. The quantitative estimate of drug-likeness (QED) is 0.771. The molecule has 0 radical (unpaired) electrons.